The quantitative estimate of drug-likeness (QED) is 0.744. The van der Waals surface area contributed by atoms with E-state index in [1.165, 1.54) is 0 Å². The minimum Gasteiger partial charge on any atom is -0.493 e. The molecule has 0 aliphatic heterocycles. The van der Waals surface area contributed by atoms with E-state index in [1.807, 2.05) is 43.4 Å². The van der Waals surface area contributed by atoms with Crippen molar-refractivity contribution in [2.24, 2.45) is 0 Å². The van der Waals surface area contributed by atoms with Crippen molar-refractivity contribution in [3.05, 3.63) is 57.0 Å². The van der Waals surface area contributed by atoms with Crippen molar-refractivity contribution in [2.75, 3.05) is 14.2 Å². The molecule has 3 nitrogen and oxygen atoms in total. The summed E-state index contributed by atoms with van der Waals surface area (Å²) in [4.78, 5) is 0. The van der Waals surface area contributed by atoms with Crippen LogP contribution in [0.4, 0.5) is 0 Å². The Labute approximate surface area is 150 Å². The number of methoxy groups -OCH3 is 1. The van der Waals surface area contributed by atoms with Gasteiger partial charge in [-0.15, -0.1) is 12.4 Å². The van der Waals surface area contributed by atoms with E-state index in [9.17, 15) is 0 Å². The van der Waals surface area contributed by atoms with Gasteiger partial charge in [0.1, 0.15) is 6.61 Å². The lowest BCUT2D eigenvalue weighted by atomic mass is 10.2. The number of nitrogens with one attached hydrogen (secondary N) is 1. The summed E-state index contributed by atoms with van der Waals surface area (Å²) in [5, 5.41) is 3.83. The largest absolute Gasteiger partial charge is 0.493 e. The van der Waals surface area contributed by atoms with Gasteiger partial charge in [-0.25, -0.2) is 0 Å². The Hall–Kier alpha value is -0.940. The smallest absolute Gasteiger partial charge is 0.175 e. The van der Waals surface area contributed by atoms with Gasteiger partial charge in [0.15, 0.2) is 11.5 Å². The lowest BCUT2D eigenvalue weighted by Gasteiger charge is -2.14. The fourth-order valence-electron chi connectivity index (χ4n) is 1.96. The van der Waals surface area contributed by atoms with Crippen LogP contribution >= 0.6 is 39.9 Å². The van der Waals surface area contributed by atoms with Gasteiger partial charge in [-0.1, -0.05) is 23.7 Å². The highest BCUT2D eigenvalue weighted by Crippen LogP contribution is 2.37. The molecule has 0 unspecified atom stereocenters. The lowest BCUT2D eigenvalue weighted by Crippen LogP contribution is -2.06. The van der Waals surface area contributed by atoms with Gasteiger partial charge in [0, 0.05) is 11.6 Å². The van der Waals surface area contributed by atoms with Crippen molar-refractivity contribution in [3.8, 4) is 11.5 Å². The molecule has 0 radical (unpaired) electrons. The molecule has 22 heavy (non-hydrogen) atoms. The fraction of sp³-hybridized carbons (Fsp3) is 0.250. The molecule has 0 fully saturated rings. The molecule has 120 valence electrons. The summed E-state index contributed by atoms with van der Waals surface area (Å²) >= 11 is 9.41. The second kappa shape index (κ2) is 9.26. The predicted molar refractivity (Wildman–Crippen MR) is 96.5 cm³/mol. The van der Waals surface area contributed by atoms with Gasteiger partial charge in [0.05, 0.1) is 11.6 Å². The van der Waals surface area contributed by atoms with Crippen molar-refractivity contribution < 1.29 is 9.47 Å². The van der Waals surface area contributed by atoms with Gasteiger partial charge in [-0.3, -0.25) is 0 Å². The molecule has 0 amide bonds. The van der Waals surface area contributed by atoms with Crippen LogP contribution in [0.1, 0.15) is 11.1 Å². The van der Waals surface area contributed by atoms with Gasteiger partial charge in [0.25, 0.3) is 0 Å². The van der Waals surface area contributed by atoms with Crippen molar-refractivity contribution in [1.29, 1.82) is 0 Å². The Balaban J connectivity index is 0.00000242. The molecule has 0 heterocycles. The first-order valence-corrected chi connectivity index (χ1v) is 7.69. The summed E-state index contributed by atoms with van der Waals surface area (Å²) in [6.07, 6.45) is 0. The van der Waals surface area contributed by atoms with E-state index in [0.29, 0.717) is 23.1 Å². The zero-order valence-electron chi connectivity index (χ0n) is 12.4. The highest BCUT2D eigenvalue weighted by molar-refractivity contribution is 9.10. The Kier molecular flexibility index (Phi) is 8.04. The van der Waals surface area contributed by atoms with Gasteiger partial charge in [-0.05, 0) is 58.4 Å². The van der Waals surface area contributed by atoms with Gasteiger partial charge in [-0.2, -0.15) is 0 Å². The van der Waals surface area contributed by atoms with Crippen LogP contribution in [0, 0.1) is 0 Å². The number of hydrogen-bond acceptors (Lipinski definition) is 3. The molecule has 0 atom stereocenters. The van der Waals surface area contributed by atoms with Gasteiger partial charge >= 0.3 is 0 Å². The maximum atomic E-state index is 5.88. The maximum absolute atomic E-state index is 5.88. The lowest BCUT2D eigenvalue weighted by molar-refractivity contribution is 0.282. The third-order valence-electron chi connectivity index (χ3n) is 2.97. The normalized spacial score (nSPS) is 10.0. The standard InChI is InChI=1S/C16H17BrClNO2.ClH/c1-19-9-12-7-14(17)16(15(8-12)20-2)21-10-11-3-5-13(18)6-4-11;/h3-8,19H,9-10H2,1-2H3;1H. The van der Waals surface area contributed by atoms with Crippen LogP contribution in [0.3, 0.4) is 0 Å². The van der Waals surface area contributed by atoms with Crippen LogP contribution in [0.15, 0.2) is 40.9 Å². The van der Waals surface area contributed by atoms with Crippen LogP contribution in [-0.4, -0.2) is 14.2 Å². The van der Waals surface area contributed by atoms with E-state index in [2.05, 4.69) is 21.2 Å². The molecule has 2 aromatic carbocycles. The molecular formula is C16H18BrCl2NO2. The number of hydrogen-bond donors (Lipinski definition) is 1. The molecule has 2 rings (SSSR count). The second-order valence-corrected chi connectivity index (χ2v) is 5.85. The molecule has 0 saturated carbocycles. The first-order chi connectivity index (χ1) is 10.1. The average molecular weight is 407 g/mol. The molecular weight excluding hydrogens is 389 g/mol. The highest BCUT2D eigenvalue weighted by atomic mass is 79.9. The Morgan fingerprint density at radius 2 is 1.82 bits per heavy atom. The molecule has 2 aromatic rings. The molecule has 6 heteroatoms. The van der Waals surface area contributed by atoms with Gasteiger partial charge in [0.2, 0.25) is 0 Å². The first kappa shape index (κ1) is 19.1. The molecule has 0 aliphatic carbocycles. The Morgan fingerprint density at radius 3 is 2.41 bits per heavy atom. The van der Waals surface area contributed by atoms with Crippen LogP contribution in [0.2, 0.25) is 5.02 Å². The van der Waals surface area contributed by atoms with E-state index in [4.69, 9.17) is 21.1 Å². The molecule has 1 N–H and O–H groups in total. The van der Waals surface area contributed by atoms with Crippen molar-refractivity contribution in [2.45, 2.75) is 13.2 Å². The predicted octanol–water partition coefficient (Wildman–Crippen LogP) is 4.83. The minimum absolute atomic E-state index is 0. The Bertz CT molecular complexity index is 606. The number of halogens is 3. The summed E-state index contributed by atoms with van der Waals surface area (Å²) in [6.45, 7) is 1.23. The SMILES string of the molecule is CNCc1cc(Br)c(OCc2ccc(Cl)cc2)c(OC)c1.Cl. The third-order valence-corrected chi connectivity index (χ3v) is 3.81. The summed E-state index contributed by atoms with van der Waals surface area (Å²) in [6, 6.07) is 11.6. The van der Waals surface area contributed by atoms with Crippen LogP contribution in [-0.2, 0) is 13.2 Å². The van der Waals surface area contributed by atoms with E-state index >= 15 is 0 Å². The number of ether oxygens (including phenoxy) is 2. The Morgan fingerprint density at radius 1 is 1.14 bits per heavy atom. The fourth-order valence-corrected chi connectivity index (χ4v) is 2.69. The molecule has 0 saturated heterocycles. The summed E-state index contributed by atoms with van der Waals surface area (Å²) < 4.78 is 12.2. The monoisotopic (exact) mass is 405 g/mol. The average Bonchev–Trinajstić information content (AvgIpc) is 2.47. The first-order valence-electron chi connectivity index (χ1n) is 6.52. The van der Waals surface area contributed by atoms with Crippen molar-refractivity contribution in [3.63, 3.8) is 0 Å². The topological polar surface area (TPSA) is 30.5 Å². The third kappa shape index (κ3) is 5.06. The van der Waals surface area contributed by atoms with Crippen LogP contribution < -0.4 is 14.8 Å². The molecule has 0 spiro atoms. The van der Waals surface area contributed by atoms with E-state index in [0.717, 1.165) is 22.1 Å². The molecule has 0 aliphatic rings. The second-order valence-electron chi connectivity index (χ2n) is 4.55. The van der Waals surface area contributed by atoms with E-state index in [-0.39, 0.29) is 12.4 Å². The number of rotatable bonds is 6. The van der Waals surface area contributed by atoms with Crippen molar-refractivity contribution in [1.82, 2.24) is 5.32 Å². The van der Waals surface area contributed by atoms with E-state index in [1.54, 1.807) is 7.11 Å². The van der Waals surface area contributed by atoms with Crippen LogP contribution in [0.25, 0.3) is 0 Å². The highest BCUT2D eigenvalue weighted by Gasteiger charge is 2.11. The number of benzene rings is 2. The van der Waals surface area contributed by atoms with Crippen molar-refractivity contribution >= 4 is 39.9 Å². The maximum Gasteiger partial charge on any atom is 0.175 e. The van der Waals surface area contributed by atoms with Crippen LogP contribution in [0.5, 0.6) is 11.5 Å². The molecule has 0 aromatic heterocycles. The summed E-state index contributed by atoms with van der Waals surface area (Å²) in [5.41, 5.74) is 2.17. The zero-order valence-corrected chi connectivity index (χ0v) is 15.5. The summed E-state index contributed by atoms with van der Waals surface area (Å²) in [5.74, 6) is 1.41. The summed E-state index contributed by atoms with van der Waals surface area (Å²) in [7, 11) is 3.55. The zero-order chi connectivity index (χ0) is 15.2. The molecule has 0 bridgehead atoms. The van der Waals surface area contributed by atoms with Gasteiger partial charge < -0.3 is 14.8 Å². The minimum atomic E-state index is 0. The van der Waals surface area contributed by atoms with E-state index < -0.39 is 0 Å².